The Balaban J connectivity index is 1.24. The van der Waals surface area contributed by atoms with Gasteiger partial charge < -0.3 is 0 Å². The van der Waals surface area contributed by atoms with Crippen LogP contribution in [0.5, 0.6) is 0 Å². The average molecular weight is 865 g/mol. The third kappa shape index (κ3) is 5.32. The first-order chi connectivity index (χ1) is 33.2. The highest BCUT2D eigenvalue weighted by Crippen LogP contribution is 2.57. The Labute approximate surface area is 396 Å². The van der Waals surface area contributed by atoms with Gasteiger partial charge in [0.25, 0.3) is 0 Å². The van der Waals surface area contributed by atoms with E-state index >= 15 is 0 Å². The number of hydrogen-bond acceptors (Lipinski definition) is 0. The summed E-state index contributed by atoms with van der Waals surface area (Å²) in [5.74, 6) is 0. The van der Waals surface area contributed by atoms with Crippen LogP contribution >= 0.6 is 0 Å². The second kappa shape index (κ2) is 14.2. The molecule has 0 radical (unpaired) electrons. The van der Waals surface area contributed by atoms with E-state index in [9.17, 15) is 0 Å². The molecule has 0 nitrogen and oxygen atoms in total. The van der Waals surface area contributed by atoms with Crippen LogP contribution in [0.4, 0.5) is 0 Å². The van der Waals surface area contributed by atoms with Gasteiger partial charge in [-0.05, 0) is 241 Å². The van der Waals surface area contributed by atoms with Crippen molar-refractivity contribution >= 4 is 97.0 Å². The fraction of sp³-hybridized carbons (Fsp3) is 0.0882. The van der Waals surface area contributed by atoms with E-state index in [0.29, 0.717) is 0 Å². The Morgan fingerprint density at radius 1 is 0.221 bits per heavy atom. The molecule has 14 aromatic carbocycles. The highest BCUT2D eigenvalue weighted by atomic mass is 14.3. The molecule has 0 aromatic heterocycles. The minimum absolute atomic E-state index is 1.24. The maximum Gasteiger partial charge on any atom is -0.000451 e. The van der Waals surface area contributed by atoms with Crippen molar-refractivity contribution in [2.75, 3.05) is 0 Å². The van der Waals surface area contributed by atoms with Gasteiger partial charge >= 0.3 is 0 Å². The van der Waals surface area contributed by atoms with Crippen LogP contribution in [0.15, 0.2) is 182 Å². The first-order valence-corrected chi connectivity index (χ1v) is 24.2. The zero-order valence-electron chi connectivity index (χ0n) is 39.3. The van der Waals surface area contributed by atoms with Gasteiger partial charge in [0.05, 0.1) is 0 Å². The maximum atomic E-state index is 2.59. The molecule has 0 aliphatic carbocycles. The van der Waals surface area contributed by atoms with Crippen molar-refractivity contribution in [3.05, 3.63) is 215 Å². The zero-order chi connectivity index (χ0) is 45.7. The van der Waals surface area contributed by atoms with Gasteiger partial charge in [0.1, 0.15) is 0 Å². The summed E-state index contributed by atoms with van der Waals surface area (Å²) in [5.41, 5.74) is 18.2. The van der Waals surface area contributed by atoms with E-state index in [4.69, 9.17) is 0 Å². The molecule has 14 rings (SSSR count). The zero-order valence-corrected chi connectivity index (χ0v) is 39.3. The number of hydrogen-bond donors (Lipinski definition) is 0. The molecule has 0 fully saturated rings. The van der Waals surface area contributed by atoms with Crippen LogP contribution in [0, 0.1) is 41.5 Å². The predicted molar refractivity (Wildman–Crippen MR) is 297 cm³/mol. The molecule has 14 aromatic rings. The van der Waals surface area contributed by atoms with Crippen molar-refractivity contribution in [2.45, 2.75) is 41.5 Å². The summed E-state index contributed by atoms with van der Waals surface area (Å²) >= 11 is 0. The van der Waals surface area contributed by atoms with Gasteiger partial charge in [0.2, 0.25) is 0 Å². The standard InChI is InChI=1S/C68H48/c1-37-31-54-53-35-47(60-40(4)17-13-18-41(60)5)28-30-49(53)55-36-58-65(50-24-14-22-43-19-10-11-23-48(43)50)68-61-42(6)25-29-51-52-34-46(59-38(2)15-12-16-39(59)3)27-26-45(52)33-57(64(51)61)67(68)62(44-20-8-7-9-21-44)66(58)56(32-37)63(54)55/h7-36H,1-6H3. The average Bonchev–Trinajstić information content (AvgIpc) is 3.85. The Kier molecular flexibility index (Phi) is 8.19. The highest BCUT2D eigenvalue weighted by molar-refractivity contribution is 6.47. The lowest BCUT2D eigenvalue weighted by molar-refractivity contribution is 1.38. The van der Waals surface area contributed by atoms with E-state index in [1.807, 2.05) is 0 Å². The molecule has 68 heavy (non-hydrogen) atoms. The third-order valence-electron chi connectivity index (χ3n) is 15.8. The molecule has 0 heteroatoms. The first kappa shape index (κ1) is 39.1. The SMILES string of the molecule is Cc1cc2c3cc(-c4c(C)cccc4C)ccc3c3cc4c(-c5cccc6ccccc56)c5c(c(-c6ccccc6)c4c(c1)c23)c1cc2ccc(-c3c(C)cccc3C)cc2c2ccc(C)c5c21. The van der Waals surface area contributed by atoms with E-state index in [-0.39, 0.29) is 0 Å². The van der Waals surface area contributed by atoms with Crippen LogP contribution < -0.4 is 0 Å². The summed E-state index contributed by atoms with van der Waals surface area (Å²) in [6.07, 6.45) is 0. The number of fused-ring (bicyclic) bond motifs is 11. The van der Waals surface area contributed by atoms with Crippen LogP contribution in [0.1, 0.15) is 33.4 Å². The molecular formula is C68H48. The van der Waals surface area contributed by atoms with Crippen molar-refractivity contribution in [2.24, 2.45) is 0 Å². The van der Waals surface area contributed by atoms with Crippen LogP contribution in [0.3, 0.4) is 0 Å². The molecule has 0 saturated carbocycles. The van der Waals surface area contributed by atoms with E-state index in [0.717, 1.165) is 0 Å². The molecule has 0 spiro atoms. The third-order valence-corrected chi connectivity index (χ3v) is 15.8. The van der Waals surface area contributed by atoms with Gasteiger partial charge in [-0.2, -0.15) is 0 Å². The Hall–Kier alpha value is -8.06. The molecular weight excluding hydrogens is 817 g/mol. The lowest BCUT2D eigenvalue weighted by atomic mass is 9.82. The van der Waals surface area contributed by atoms with Gasteiger partial charge in [-0.3, -0.25) is 0 Å². The van der Waals surface area contributed by atoms with Gasteiger partial charge in [0, 0.05) is 0 Å². The molecule has 0 unspecified atom stereocenters. The number of aryl methyl sites for hydroxylation is 6. The van der Waals surface area contributed by atoms with Crippen molar-refractivity contribution in [1.82, 2.24) is 0 Å². The first-order valence-electron chi connectivity index (χ1n) is 24.2. The smallest absolute Gasteiger partial charge is 0.000451 e. The van der Waals surface area contributed by atoms with E-state index in [2.05, 4.69) is 224 Å². The van der Waals surface area contributed by atoms with Crippen LogP contribution in [0.2, 0.25) is 0 Å². The molecule has 0 aliphatic heterocycles. The summed E-state index contributed by atoms with van der Waals surface area (Å²) in [6, 6.07) is 69.8. The maximum absolute atomic E-state index is 2.59. The fourth-order valence-corrected chi connectivity index (χ4v) is 13.0. The topological polar surface area (TPSA) is 0 Å². The van der Waals surface area contributed by atoms with E-state index in [1.54, 1.807) is 0 Å². The predicted octanol–water partition coefficient (Wildman–Crippen LogP) is 19.5. The minimum Gasteiger partial charge on any atom is -0.0622 e. The second-order valence-electron chi connectivity index (χ2n) is 19.8. The monoisotopic (exact) mass is 864 g/mol. The summed E-state index contributed by atoms with van der Waals surface area (Å²) in [7, 11) is 0. The number of benzene rings is 12. The molecule has 0 N–H and O–H groups in total. The molecule has 0 amide bonds. The molecule has 0 aliphatic rings. The van der Waals surface area contributed by atoms with Crippen molar-refractivity contribution in [1.29, 1.82) is 0 Å². The van der Waals surface area contributed by atoms with Crippen LogP contribution in [-0.4, -0.2) is 0 Å². The Morgan fingerprint density at radius 3 is 1.57 bits per heavy atom. The van der Waals surface area contributed by atoms with E-state index < -0.39 is 0 Å². The summed E-state index contributed by atoms with van der Waals surface area (Å²) < 4.78 is 0. The Morgan fingerprint density at radius 2 is 0.824 bits per heavy atom. The second-order valence-corrected chi connectivity index (χ2v) is 19.8. The van der Waals surface area contributed by atoms with Crippen molar-refractivity contribution in [3.63, 3.8) is 0 Å². The van der Waals surface area contributed by atoms with Gasteiger partial charge in [-0.25, -0.2) is 0 Å². The van der Waals surface area contributed by atoms with Crippen LogP contribution in [0.25, 0.3) is 141 Å². The molecule has 0 heterocycles. The molecule has 0 atom stereocenters. The fourth-order valence-electron chi connectivity index (χ4n) is 13.0. The summed E-state index contributed by atoms with van der Waals surface area (Å²) in [6.45, 7) is 13.6. The molecule has 320 valence electrons. The minimum atomic E-state index is 1.24. The Bertz CT molecular complexity index is 4420. The van der Waals surface area contributed by atoms with Gasteiger partial charge in [-0.1, -0.05) is 158 Å². The lowest BCUT2D eigenvalue weighted by Crippen LogP contribution is -1.92. The van der Waals surface area contributed by atoms with E-state index in [1.165, 1.54) is 175 Å². The van der Waals surface area contributed by atoms with Crippen molar-refractivity contribution in [3.8, 4) is 44.5 Å². The summed E-state index contributed by atoms with van der Waals surface area (Å²) in [5, 5.41) is 23.7. The molecule has 0 saturated heterocycles. The highest BCUT2D eigenvalue weighted by Gasteiger charge is 2.29. The quantitative estimate of drug-likeness (QED) is 0.155. The van der Waals surface area contributed by atoms with Gasteiger partial charge in [-0.15, -0.1) is 0 Å². The normalized spacial score (nSPS) is 12.3. The largest absolute Gasteiger partial charge is 0.0622 e. The molecule has 0 bridgehead atoms. The summed E-state index contributed by atoms with van der Waals surface area (Å²) in [4.78, 5) is 0. The van der Waals surface area contributed by atoms with Crippen LogP contribution in [-0.2, 0) is 0 Å². The van der Waals surface area contributed by atoms with Crippen molar-refractivity contribution < 1.29 is 0 Å². The van der Waals surface area contributed by atoms with Gasteiger partial charge in [0.15, 0.2) is 0 Å². The lowest BCUT2D eigenvalue weighted by Gasteiger charge is -2.20. The number of rotatable bonds is 4.